The second-order valence-electron chi connectivity index (χ2n) is 5.94. The summed E-state index contributed by atoms with van der Waals surface area (Å²) in [6, 6.07) is 6.11. The van der Waals surface area contributed by atoms with Crippen LogP contribution in [0.2, 0.25) is 0 Å². The molecule has 2 rings (SSSR count). The zero-order valence-corrected chi connectivity index (χ0v) is 13.3. The second-order valence-corrected chi connectivity index (χ2v) is 7.68. The van der Waals surface area contributed by atoms with E-state index in [0.717, 1.165) is 17.7 Å². The maximum absolute atomic E-state index is 12.3. The predicted molar refractivity (Wildman–Crippen MR) is 81.1 cm³/mol. The van der Waals surface area contributed by atoms with Crippen LogP contribution in [-0.4, -0.2) is 21.0 Å². The molecule has 0 atom stereocenters. The van der Waals surface area contributed by atoms with E-state index in [2.05, 4.69) is 10.0 Å². The van der Waals surface area contributed by atoms with Gasteiger partial charge in [0.2, 0.25) is 10.0 Å². The summed E-state index contributed by atoms with van der Waals surface area (Å²) in [6.07, 6.45) is 2.46. The molecule has 0 aliphatic heterocycles. The maximum atomic E-state index is 12.3. The quantitative estimate of drug-likeness (QED) is 0.811. The van der Waals surface area contributed by atoms with Crippen LogP contribution in [0.3, 0.4) is 0 Å². The summed E-state index contributed by atoms with van der Waals surface area (Å²) < 4.78 is 27.3. The van der Waals surface area contributed by atoms with Crippen LogP contribution in [0.5, 0.6) is 0 Å². The number of benzene rings is 1. The monoisotopic (exact) mass is 296 g/mol. The molecular weight excluding hydrogens is 272 g/mol. The van der Waals surface area contributed by atoms with E-state index in [9.17, 15) is 8.42 Å². The Morgan fingerprint density at radius 3 is 2.60 bits per heavy atom. The topological polar surface area (TPSA) is 58.2 Å². The van der Waals surface area contributed by atoms with Crippen LogP contribution in [-0.2, 0) is 16.6 Å². The third-order valence-corrected chi connectivity index (χ3v) is 5.09. The summed E-state index contributed by atoms with van der Waals surface area (Å²) in [5, 5.41) is 3.43. The van der Waals surface area contributed by atoms with E-state index in [1.165, 1.54) is 12.8 Å². The summed E-state index contributed by atoms with van der Waals surface area (Å²) in [7, 11) is -3.41. The van der Waals surface area contributed by atoms with Gasteiger partial charge >= 0.3 is 0 Å². The Balaban J connectivity index is 2.15. The Labute approximate surface area is 122 Å². The molecule has 1 fully saturated rings. The average Bonchev–Trinajstić information content (AvgIpc) is 3.19. The molecule has 0 heterocycles. The van der Waals surface area contributed by atoms with Gasteiger partial charge in [0, 0.05) is 19.1 Å². The highest BCUT2D eigenvalue weighted by Crippen LogP contribution is 2.22. The molecule has 5 heteroatoms. The van der Waals surface area contributed by atoms with E-state index in [0.29, 0.717) is 23.4 Å². The molecule has 1 aliphatic carbocycles. The van der Waals surface area contributed by atoms with E-state index in [4.69, 9.17) is 0 Å². The molecule has 0 aromatic heterocycles. The van der Waals surface area contributed by atoms with Gasteiger partial charge in [-0.3, -0.25) is 0 Å². The van der Waals surface area contributed by atoms with E-state index in [-0.39, 0.29) is 0 Å². The Morgan fingerprint density at radius 2 is 2.00 bits per heavy atom. The molecule has 1 aliphatic rings. The second kappa shape index (κ2) is 6.24. The number of hydrogen-bond acceptors (Lipinski definition) is 3. The van der Waals surface area contributed by atoms with E-state index in [1.807, 2.05) is 32.9 Å². The van der Waals surface area contributed by atoms with Crippen LogP contribution in [0.15, 0.2) is 23.1 Å². The van der Waals surface area contributed by atoms with Crippen LogP contribution in [0, 0.1) is 12.8 Å². The fourth-order valence-corrected chi connectivity index (χ4v) is 3.54. The Kier molecular flexibility index (Phi) is 4.83. The van der Waals surface area contributed by atoms with Crippen LogP contribution in [0.25, 0.3) is 0 Å². The van der Waals surface area contributed by atoms with Crippen LogP contribution in [0.1, 0.15) is 37.8 Å². The van der Waals surface area contributed by atoms with Crippen molar-refractivity contribution in [2.45, 2.75) is 51.1 Å². The van der Waals surface area contributed by atoms with Crippen molar-refractivity contribution in [3.05, 3.63) is 29.3 Å². The molecule has 1 saturated carbocycles. The molecule has 0 spiro atoms. The smallest absolute Gasteiger partial charge is 0.240 e. The Hall–Kier alpha value is -0.910. The van der Waals surface area contributed by atoms with Gasteiger partial charge in [-0.05, 0) is 42.9 Å². The van der Waals surface area contributed by atoms with Crippen molar-refractivity contribution in [2.75, 3.05) is 6.54 Å². The number of rotatable bonds is 7. The third kappa shape index (κ3) is 4.04. The van der Waals surface area contributed by atoms with Crippen molar-refractivity contribution in [1.29, 1.82) is 0 Å². The van der Waals surface area contributed by atoms with Gasteiger partial charge in [-0.1, -0.05) is 26.0 Å². The Bertz CT molecular complexity index is 563. The number of sulfonamides is 1. The summed E-state index contributed by atoms with van der Waals surface area (Å²) in [5.41, 5.74) is 1.90. The summed E-state index contributed by atoms with van der Waals surface area (Å²) in [6.45, 7) is 7.07. The highest BCUT2D eigenvalue weighted by atomic mass is 32.2. The predicted octanol–water partition coefficient (Wildman–Crippen LogP) is 2.18. The Morgan fingerprint density at radius 1 is 1.30 bits per heavy atom. The molecule has 0 saturated heterocycles. The van der Waals surface area contributed by atoms with Gasteiger partial charge in [0.05, 0.1) is 4.90 Å². The van der Waals surface area contributed by atoms with Crippen LogP contribution >= 0.6 is 0 Å². The first-order valence-electron chi connectivity index (χ1n) is 7.21. The number of hydrogen-bond donors (Lipinski definition) is 2. The molecular formula is C15H24N2O2S. The van der Waals surface area contributed by atoms with Gasteiger partial charge in [0.15, 0.2) is 0 Å². The average molecular weight is 296 g/mol. The standard InChI is InChI=1S/C15H24N2O2S/c1-11(2)9-17-20(18,19)15-6-4-5-13(12(15)3)10-16-14-7-8-14/h4-6,11,14,16-17H,7-10H2,1-3H3. The first-order chi connectivity index (χ1) is 9.40. The lowest BCUT2D eigenvalue weighted by Gasteiger charge is -2.14. The van der Waals surface area contributed by atoms with Gasteiger partial charge in [0.1, 0.15) is 0 Å². The first kappa shape index (κ1) is 15.5. The largest absolute Gasteiger partial charge is 0.310 e. The van der Waals surface area contributed by atoms with E-state index >= 15 is 0 Å². The molecule has 1 aromatic rings. The lowest BCUT2D eigenvalue weighted by molar-refractivity contribution is 0.559. The molecule has 2 N–H and O–H groups in total. The van der Waals surface area contributed by atoms with Crippen molar-refractivity contribution in [2.24, 2.45) is 5.92 Å². The lowest BCUT2D eigenvalue weighted by atomic mass is 10.1. The molecule has 0 unspecified atom stereocenters. The molecule has 4 nitrogen and oxygen atoms in total. The van der Waals surface area contributed by atoms with Gasteiger partial charge in [-0.2, -0.15) is 0 Å². The van der Waals surface area contributed by atoms with Crippen molar-refractivity contribution in [3.63, 3.8) is 0 Å². The molecule has 0 amide bonds. The molecule has 20 heavy (non-hydrogen) atoms. The zero-order valence-electron chi connectivity index (χ0n) is 12.4. The van der Waals surface area contributed by atoms with Gasteiger partial charge in [-0.25, -0.2) is 13.1 Å². The van der Waals surface area contributed by atoms with Crippen molar-refractivity contribution >= 4 is 10.0 Å². The molecule has 0 bridgehead atoms. The summed E-state index contributed by atoms with van der Waals surface area (Å²) in [4.78, 5) is 0.397. The third-order valence-electron chi connectivity index (χ3n) is 3.53. The van der Waals surface area contributed by atoms with Crippen LogP contribution in [0.4, 0.5) is 0 Å². The summed E-state index contributed by atoms with van der Waals surface area (Å²) in [5.74, 6) is 0.296. The van der Waals surface area contributed by atoms with Crippen molar-refractivity contribution in [3.8, 4) is 0 Å². The lowest BCUT2D eigenvalue weighted by Crippen LogP contribution is -2.28. The van der Waals surface area contributed by atoms with Gasteiger partial charge in [0.25, 0.3) is 0 Å². The zero-order chi connectivity index (χ0) is 14.8. The van der Waals surface area contributed by atoms with Gasteiger partial charge < -0.3 is 5.32 Å². The van der Waals surface area contributed by atoms with Gasteiger partial charge in [-0.15, -0.1) is 0 Å². The minimum Gasteiger partial charge on any atom is -0.310 e. The SMILES string of the molecule is Cc1c(CNC2CC2)cccc1S(=O)(=O)NCC(C)C. The van der Waals surface area contributed by atoms with E-state index in [1.54, 1.807) is 6.07 Å². The summed E-state index contributed by atoms with van der Waals surface area (Å²) >= 11 is 0. The minimum atomic E-state index is -3.41. The fraction of sp³-hybridized carbons (Fsp3) is 0.600. The normalized spacial score (nSPS) is 15.8. The van der Waals surface area contributed by atoms with Crippen molar-refractivity contribution in [1.82, 2.24) is 10.0 Å². The molecule has 112 valence electrons. The molecule has 0 radical (unpaired) electrons. The number of nitrogens with one attached hydrogen (secondary N) is 2. The first-order valence-corrected chi connectivity index (χ1v) is 8.70. The molecule has 1 aromatic carbocycles. The van der Waals surface area contributed by atoms with Crippen LogP contribution < -0.4 is 10.0 Å². The highest BCUT2D eigenvalue weighted by molar-refractivity contribution is 7.89. The maximum Gasteiger partial charge on any atom is 0.240 e. The van der Waals surface area contributed by atoms with E-state index < -0.39 is 10.0 Å². The fourth-order valence-electron chi connectivity index (χ4n) is 2.04. The van der Waals surface area contributed by atoms with Crippen molar-refractivity contribution < 1.29 is 8.42 Å². The highest BCUT2D eigenvalue weighted by Gasteiger charge is 2.22. The minimum absolute atomic E-state index is 0.296.